The lowest BCUT2D eigenvalue weighted by Crippen LogP contribution is -2.28. The van der Waals surface area contributed by atoms with Gasteiger partial charge in [0.1, 0.15) is 11.3 Å². The maximum atomic E-state index is 13.9. The van der Waals surface area contributed by atoms with Gasteiger partial charge in [-0.2, -0.15) is 0 Å². The molecule has 1 saturated heterocycles. The predicted molar refractivity (Wildman–Crippen MR) is 89.8 cm³/mol. The van der Waals surface area contributed by atoms with E-state index in [4.69, 9.17) is 0 Å². The van der Waals surface area contributed by atoms with Crippen LogP contribution in [-0.4, -0.2) is 43.1 Å². The standard InChI is InChI=1S/C18H23F2N3/c1-3-7-22(2)11-13-5-8-23(12-13)17-4-6-21-18-15(17)9-14(19)10-16(18)20/h4,6,9-10,13H,3,5,7-8,11-12H2,1-2H3. The first-order chi connectivity index (χ1) is 11.1. The van der Waals surface area contributed by atoms with E-state index >= 15 is 0 Å². The third kappa shape index (κ3) is 3.44. The quantitative estimate of drug-likeness (QED) is 0.838. The molecule has 23 heavy (non-hydrogen) atoms. The highest BCUT2D eigenvalue weighted by Crippen LogP contribution is 2.31. The Hall–Kier alpha value is -1.75. The van der Waals surface area contributed by atoms with Gasteiger partial charge in [-0.05, 0) is 44.5 Å². The summed E-state index contributed by atoms with van der Waals surface area (Å²) in [5.41, 5.74) is 1.13. The molecule has 0 radical (unpaired) electrons. The zero-order valence-electron chi connectivity index (χ0n) is 13.7. The van der Waals surface area contributed by atoms with Crippen LogP contribution in [0.5, 0.6) is 0 Å². The first-order valence-electron chi connectivity index (χ1n) is 8.25. The lowest BCUT2D eigenvalue weighted by molar-refractivity contribution is 0.287. The molecule has 1 aromatic carbocycles. The number of nitrogens with zero attached hydrogens (tertiary/aromatic N) is 3. The summed E-state index contributed by atoms with van der Waals surface area (Å²) >= 11 is 0. The molecular weight excluding hydrogens is 296 g/mol. The van der Waals surface area contributed by atoms with Gasteiger partial charge >= 0.3 is 0 Å². The van der Waals surface area contributed by atoms with Gasteiger partial charge in [0.25, 0.3) is 0 Å². The first-order valence-corrected chi connectivity index (χ1v) is 8.25. The molecule has 0 bridgehead atoms. The van der Waals surface area contributed by atoms with Gasteiger partial charge in [0.05, 0.1) is 0 Å². The van der Waals surface area contributed by atoms with Gasteiger partial charge in [-0.25, -0.2) is 8.78 Å². The number of halogens is 2. The van der Waals surface area contributed by atoms with Gasteiger partial charge in [-0.1, -0.05) is 6.92 Å². The van der Waals surface area contributed by atoms with Crippen molar-refractivity contribution in [1.29, 1.82) is 0 Å². The van der Waals surface area contributed by atoms with Crippen molar-refractivity contribution in [2.75, 3.05) is 38.1 Å². The van der Waals surface area contributed by atoms with E-state index in [0.29, 0.717) is 11.3 Å². The van der Waals surface area contributed by atoms with Crippen molar-refractivity contribution in [3.05, 3.63) is 36.0 Å². The molecule has 5 heteroatoms. The Bertz CT molecular complexity index is 689. The van der Waals surface area contributed by atoms with Crippen LogP contribution in [-0.2, 0) is 0 Å². The predicted octanol–water partition coefficient (Wildman–Crippen LogP) is 3.68. The summed E-state index contributed by atoms with van der Waals surface area (Å²) < 4.78 is 27.5. The van der Waals surface area contributed by atoms with E-state index in [1.54, 1.807) is 6.20 Å². The Kier molecular flexibility index (Phi) is 4.76. The Labute approximate surface area is 135 Å². The number of rotatable bonds is 5. The molecule has 0 spiro atoms. The molecule has 3 rings (SSSR count). The van der Waals surface area contributed by atoms with E-state index < -0.39 is 11.6 Å². The van der Waals surface area contributed by atoms with E-state index in [0.717, 1.165) is 50.8 Å². The maximum Gasteiger partial charge on any atom is 0.152 e. The van der Waals surface area contributed by atoms with Crippen molar-refractivity contribution >= 4 is 16.6 Å². The number of benzene rings is 1. The Morgan fingerprint density at radius 2 is 2.17 bits per heavy atom. The SMILES string of the molecule is CCCN(C)CC1CCN(c2ccnc3c(F)cc(F)cc23)C1. The highest BCUT2D eigenvalue weighted by atomic mass is 19.1. The molecule has 124 valence electrons. The van der Waals surface area contributed by atoms with Crippen LogP contribution >= 0.6 is 0 Å². The van der Waals surface area contributed by atoms with Crippen molar-refractivity contribution in [2.45, 2.75) is 19.8 Å². The fraction of sp³-hybridized carbons (Fsp3) is 0.500. The van der Waals surface area contributed by atoms with Crippen molar-refractivity contribution in [3.8, 4) is 0 Å². The second-order valence-corrected chi connectivity index (χ2v) is 6.48. The van der Waals surface area contributed by atoms with Crippen LogP contribution in [0.4, 0.5) is 14.5 Å². The lowest BCUT2D eigenvalue weighted by atomic mass is 10.1. The highest BCUT2D eigenvalue weighted by molar-refractivity contribution is 5.92. The third-order valence-corrected chi connectivity index (χ3v) is 4.54. The van der Waals surface area contributed by atoms with Gasteiger partial charge < -0.3 is 9.80 Å². The van der Waals surface area contributed by atoms with Crippen LogP contribution in [0.25, 0.3) is 10.9 Å². The topological polar surface area (TPSA) is 19.4 Å². The summed E-state index contributed by atoms with van der Waals surface area (Å²) in [5, 5.41) is 0.563. The summed E-state index contributed by atoms with van der Waals surface area (Å²) in [4.78, 5) is 8.66. The number of aromatic nitrogens is 1. The summed E-state index contributed by atoms with van der Waals surface area (Å²) in [6.07, 6.45) is 3.87. The van der Waals surface area contributed by atoms with Crippen LogP contribution in [0, 0.1) is 17.6 Å². The molecule has 1 atom stereocenters. The molecular formula is C18H23F2N3. The van der Waals surface area contributed by atoms with Crippen molar-refractivity contribution < 1.29 is 8.78 Å². The molecule has 1 unspecified atom stereocenters. The Morgan fingerprint density at radius 3 is 2.96 bits per heavy atom. The van der Waals surface area contributed by atoms with Crippen LogP contribution in [0.2, 0.25) is 0 Å². The van der Waals surface area contributed by atoms with E-state index in [9.17, 15) is 8.78 Å². The minimum absolute atomic E-state index is 0.246. The number of pyridine rings is 1. The van der Waals surface area contributed by atoms with Gasteiger partial charge in [-0.3, -0.25) is 4.98 Å². The van der Waals surface area contributed by atoms with E-state index in [1.165, 1.54) is 6.07 Å². The fourth-order valence-corrected chi connectivity index (χ4v) is 3.55. The third-order valence-electron chi connectivity index (χ3n) is 4.54. The average molecular weight is 319 g/mol. The van der Waals surface area contributed by atoms with Crippen molar-refractivity contribution in [1.82, 2.24) is 9.88 Å². The molecule has 1 fully saturated rings. The van der Waals surface area contributed by atoms with Crippen molar-refractivity contribution in [2.24, 2.45) is 5.92 Å². The Morgan fingerprint density at radius 1 is 1.35 bits per heavy atom. The molecule has 0 saturated carbocycles. The van der Waals surface area contributed by atoms with E-state index in [2.05, 4.69) is 28.8 Å². The van der Waals surface area contributed by atoms with E-state index in [1.807, 2.05) is 6.07 Å². The minimum atomic E-state index is -0.597. The Balaban J connectivity index is 1.82. The zero-order chi connectivity index (χ0) is 16.4. The normalized spacial score (nSPS) is 18.3. The lowest BCUT2D eigenvalue weighted by Gasteiger charge is -2.23. The molecule has 2 aromatic rings. The van der Waals surface area contributed by atoms with Crippen LogP contribution < -0.4 is 4.90 Å². The number of fused-ring (bicyclic) bond motifs is 1. The number of hydrogen-bond acceptors (Lipinski definition) is 3. The molecule has 1 aliphatic heterocycles. The molecule has 0 amide bonds. The fourth-order valence-electron chi connectivity index (χ4n) is 3.55. The molecule has 1 aromatic heterocycles. The summed E-state index contributed by atoms with van der Waals surface area (Å²) in [7, 11) is 2.15. The van der Waals surface area contributed by atoms with Crippen LogP contribution in [0.3, 0.4) is 0 Å². The maximum absolute atomic E-state index is 13.9. The second-order valence-electron chi connectivity index (χ2n) is 6.48. The summed E-state index contributed by atoms with van der Waals surface area (Å²) in [6, 6.07) is 4.14. The van der Waals surface area contributed by atoms with Gasteiger partial charge in [0.2, 0.25) is 0 Å². The van der Waals surface area contributed by atoms with Gasteiger partial charge in [0.15, 0.2) is 5.82 Å². The summed E-state index contributed by atoms with van der Waals surface area (Å²) in [5.74, 6) is -0.559. The molecule has 2 heterocycles. The molecule has 0 aliphatic carbocycles. The van der Waals surface area contributed by atoms with Gasteiger partial charge in [0, 0.05) is 43.0 Å². The first kappa shape index (κ1) is 16.1. The molecule has 1 aliphatic rings. The van der Waals surface area contributed by atoms with Crippen LogP contribution in [0.1, 0.15) is 19.8 Å². The molecule has 3 nitrogen and oxygen atoms in total. The number of hydrogen-bond donors (Lipinski definition) is 0. The second kappa shape index (κ2) is 6.79. The van der Waals surface area contributed by atoms with Crippen LogP contribution in [0.15, 0.2) is 24.4 Å². The monoisotopic (exact) mass is 319 g/mol. The number of anilines is 1. The highest BCUT2D eigenvalue weighted by Gasteiger charge is 2.25. The van der Waals surface area contributed by atoms with E-state index in [-0.39, 0.29) is 5.52 Å². The molecule has 0 N–H and O–H groups in total. The average Bonchev–Trinajstić information content (AvgIpc) is 2.95. The zero-order valence-corrected chi connectivity index (χ0v) is 13.7. The smallest absolute Gasteiger partial charge is 0.152 e. The van der Waals surface area contributed by atoms with Gasteiger partial charge in [-0.15, -0.1) is 0 Å². The summed E-state index contributed by atoms with van der Waals surface area (Å²) in [6.45, 7) is 6.19. The van der Waals surface area contributed by atoms with Crippen molar-refractivity contribution in [3.63, 3.8) is 0 Å². The largest absolute Gasteiger partial charge is 0.371 e. The minimum Gasteiger partial charge on any atom is -0.371 e.